The van der Waals surface area contributed by atoms with Crippen LogP contribution in [-0.2, 0) is 4.79 Å². The van der Waals surface area contributed by atoms with Gasteiger partial charge in [0.25, 0.3) is 5.91 Å². The van der Waals surface area contributed by atoms with Crippen molar-refractivity contribution >= 4 is 46.0 Å². The fraction of sp³-hybridized carbons (Fsp3) is 0.286. The molecule has 3 aromatic heterocycles. The Hall–Kier alpha value is -3.98. The Morgan fingerprint density at radius 1 is 1.16 bits per heavy atom. The Balaban J connectivity index is 1.22. The summed E-state index contributed by atoms with van der Waals surface area (Å²) in [6.45, 7) is 5.17. The van der Waals surface area contributed by atoms with Crippen molar-refractivity contribution in [2.45, 2.75) is 25.3 Å². The summed E-state index contributed by atoms with van der Waals surface area (Å²) >= 11 is 1.43. The van der Waals surface area contributed by atoms with E-state index in [1.807, 2.05) is 54.4 Å². The Labute approximate surface area is 219 Å². The van der Waals surface area contributed by atoms with Crippen molar-refractivity contribution in [1.29, 1.82) is 0 Å². The predicted molar refractivity (Wildman–Crippen MR) is 147 cm³/mol. The van der Waals surface area contributed by atoms with Crippen LogP contribution in [0.3, 0.4) is 0 Å². The summed E-state index contributed by atoms with van der Waals surface area (Å²) in [6.07, 6.45) is 6.11. The zero-order valence-electron chi connectivity index (χ0n) is 20.6. The van der Waals surface area contributed by atoms with Gasteiger partial charge >= 0.3 is 0 Å². The molecule has 2 aliphatic rings. The molecule has 9 heteroatoms. The summed E-state index contributed by atoms with van der Waals surface area (Å²) in [4.78, 5) is 38.0. The molecule has 4 aromatic rings. The number of thiophene rings is 1. The van der Waals surface area contributed by atoms with E-state index in [1.54, 1.807) is 6.20 Å². The van der Waals surface area contributed by atoms with E-state index < -0.39 is 0 Å². The lowest BCUT2D eigenvalue weighted by molar-refractivity contribution is -0.125. The van der Waals surface area contributed by atoms with Crippen LogP contribution in [0.15, 0.2) is 67.4 Å². The summed E-state index contributed by atoms with van der Waals surface area (Å²) in [5.74, 6) is 1.20. The molecule has 1 spiro atoms. The smallest absolute Gasteiger partial charge is 0.268 e. The van der Waals surface area contributed by atoms with Gasteiger partial charge in [-0.3, -0.25) is 14.9 Å². The number of para-hydroxylation sites is 2. The van der Waals surface area contributed by atoms with E-state index in [-0.39, 0.29) is 23.3 Å². The highest BCUT2D eigenvalue weighted by Gasteiger charge is 2.50. The molecule has 2 N–H and O–H groups in total. The Morgan fingerprint density at radius 3 is 2.76 bits per heavy atom. The molecule has 1 aromatic carbocycles. The monoisotopic (exact) mass is 512 g/mol. The third-order valence-electron chi connectivity index (χ3n) is 7.58. The first-order valence-corrected chi connectivity index (χ1v) is 13.2. The number of aromatic nitrogens is 3. The van der Waals surface area contributed by atoms with E-state index >= 15 is 0 Å². The molecule has 8 nitrogen and oxygen atoms in total. The van der Waals surface area contributed by atoms with Gasteiger partial charge in [0.05, 0.1) is 15.9 Å². The predicted octanol–water partition coefficient (Wildman–Crippen LogP) is 5.19. The minimum Gasteiger partial charge on any atom is -0.373 e. The molecule has 1 aliphatic heterocycles. The van der Waals surface area contributed by atoms with Crippen molar-refractivity contribution in [3.63, 3.8) is 0 Å². The number of anilines is 2. The van der Waals surface area contributed by atoms with Gasteiger partial charge in [0.15, 0.2) is 0 Å². The lowest BCUT2D eigenvalue weighted by Crippen LogP contribution is -2.42. The van der Waals surface area contributed by atoms with Gasteiger partial charge in [-0.15, -0.1) is 11.3 Å². The second-order valence-electron chi connectivity index (χ2n) is 9.87. The van der Waals surface area contributed by atoms with Crippen LogP contribution in [0.5, 0.6) is 0 Å². The first kappa shape index (κ1) is 23.4. The van der Waals surface area contributed by atoms with Crippen LogP contribution < -0.4 is 10.6 Å². The van der Waals surface area contributed by atoms with Gasteiger partial charge in [-0.2, -0.15) is 0 Å². The molecule has 0 radical (unpaired) electrons. The second-order valence-corrected chi connectivity index (χ2v) is 11.0. The van der Waals surface area contributed by atoms with Crippen LogP contribution in [0.4, 0.5) is 11.8 Å². The highest BCUT2D eigenvalue weighted by Crippen LogP contribution is 2.55. The van der Waals surface area contributed by atoms with Gasteiger partial charge in [-0.1, -0.05) is 18.7 Å². The minimum absolute atomic E-state index is 0.00503. The highest BCUT2D eigenvalue weighted by atomic mass is 32.1. The molecule has 1 aliphatic carbocycles. The SMILES string of the molecule is C=CC(=O)N1CCC2(CC(n3c(NC(=O)c4ccc(-c5ccc(NC)nc5)s4)nc4ccccc43)C2)C1. The molecule has 1 saturated heterocycles. The Morgan fingerprint density at radius 2 is 2.00 bits per heavy atom. The average molecular weight is 513 g/mol. The molecule has 0 unspecified atom stereocenters. The van der Waals surface area contributed by atoms with Gasteiger partial charge in [-0.05, 0) is 67.2 Å². The number of amides is 2. The molecule has 2 amide bonds. The lowest BCUT2D eigenvalue weighted by Gasteiger charge is -2.46. The van der Waals surface area contributed by atoms with Crippen molar-refractivity contribution in [1.82, 2.24) is 19.4 Å². The fourth-order valence-electron chi connectivity index (χ4n) is 5.68. The summed E-state index contributed by atoms with van der Waals surface area (Å²) in [7, 11) is 1.83. The number of hydrogen-bond acceptors (Lipinski definition) is 6. The fourth-order valence-corrected chi connectivity index (χ4v) is 6.57. The molecule has 0 bridgehead atoms. The van der Waals surface area contributed by atoms with Gasteiger partial charge in [0, 0.05) is 42.8 Å². The van der Waals surface area contributed by atoms with E-state index in [9.17, 15) is 9.59 Å². The maximum absolute atomic E-state index is 13.3. The maximum atomic E-state index is 13.3. The van der Waals surface area contributed by atoms with Crippen molar-refractivity contribution in [3.05, 3.63) is 72.3 Å². The van der Waals surface area contributed by atoms with Crippen LogP contribution >= 0.6 is 11.3 Å². The van der Waals surface area contributed by atoms with E-state index in [2.05, 4.69) is 32.8 Å². The molecular weight excluding hydrogens is 484 g/mol. The van der Waals surface area contributed by atoms with Crippen LogP contribution in [-0.4, -0.2) is 51.4 Å². The van der Waals surface area contributed by atoms with Crippen LogP contribution in [0.25, 0.3) is 21.5 Å². The standard InChI is InChI=1S/C28H28N6O2S/c1-3-25(35)33-13-12-28(17-33)14-19(15-28)34-21-7-5-4-6-20(21)31-27(34)32-26(36)23-10-9-22(37-23)18-8-11-24(29-2)30-16-18/h3-11,16,19H,1,12-15,17H2,2H3,(H,29,30)(H,31,32,36). The largest absolute Gasteiger partial charge is 0.373 e. The number of rotatable bonds is 6. The zero-order chi connectivity index (χ0) is 25.6. The Kier molecular flexibility index (Phi) is 5.79. The van der Waals surface area contributed by atoms with Crippen molar-refractivity contribution in [3.8, 4) is 10.4 Å². The normalized spacial score (nSPS) is 20.7. The van der Waals surface area contributed by atoms with E-state index in [0.717, 1.165) is 59.6 Å². The van der Waals surface area contributed by atoms with Gasteiger partial charge in [0.1, 0.15) is 5.82 Å². The van der Waals surface area contributed by atoms with Crippen molar-refractivity contribution < 1.29 is 9.59 Å². The van der Waals surface area contributed by atoms with Crippen LogP contribution in [0.2, 0.25) is 0 Å². The highest BCUT2D eigenvalue weighted by molar-refractivity contribution is 7.17. The first-order chi connectivity index (χ1) is 18.0. The van der Waals surface area contributed by atoms with E-state index in [0.29, 0.717) is 10.8 Å². The third kappa shape index (κ3) is 4.19. The van der Waals surface area contributed by atoms with E-state index in [4.69, 9.17) is 4.98 Å². The van der Waals surface area contributed by atoms with Gasteiger partial charge in [0.2, 0.25) is 11.9 Å². The number of benzene rings is 1. The number of nitrogens with zero attached hydrogens (tertiary/aromatic N) is 4. The lowest BCUT2D eigenvalue weighted by atomic mass is 9.65. The summed E-state index contributed by atoms with van der Waals surface area (Å²) in [5, 5.41) is 6.10. The summed E-state index contributed by atoms with van der Waals surface area (Å²) in [5.41, 5.74) is 2.97. The quantitative estimate of drug-likeness (QED) is 0.347. The maximum Gasteiger partial charge on any atom is 0.268 e. The molecule has 6 rings (SSSR count). The molecular formula is C28H28N6O2S. The minimum atomic E-state index is -0.176. The number of imidazole rings is 1. The Bertz CT molecular complexity index is 1500. The number of nitrogens with one attached hydrogen (secondary N) is 2. The molecule has 2 fully saturated rings. The second kappa shape index (κ2) is 9.15. The summed E-state index contributed by atoms with van der Waals surface area (Å²) < 4.78 is 2.17. The molecule has 0 atom stereocenters. The van der Waals surface area contributed by atoms with E-state index in [1.165, 1.54) is 17.4 Å². The third-order valence-corrected chi connectivity index (χ3v) is 8.72. The molecule has 188 valence electrons. The number of likely N-dealkylation sites (tertiary alicyclic amines) is 1. The van der Waals surface area contributed by atoms with Gasteiger partial charge < -0.3 is 14.8 Å². The van der Waals surface area contributed by atoms with Crippen molar-refractivity contribution in [2.75, 3.05) is 30.8 Å². The number of hydrogen-bond donors (Lipinski definition) is 2. The number of pyridine rings is 1. The number of carbonyl (C=O) groups excluding carboxylic acids is 2. The molecule has 4 heterocycles. The molecule has 37 heavy (non-hydrogen) atoms. The topological polar surface area (TPSA) is 92.2 Å². The van der Waals surface area contributed by atoms with Crippen LogP contribution in [0, 0.1) is 5.41 Å². The van der Waals surface area contributed by atoms with Gasteiger partial charge in [-0.25, -0.2) is 9.97 Å². The first-order valence-electron chi connectivity index (χ1n) is 12.4. The summed E-state index contributed by atoms with van der Waals surface area (Å²) in [6, 6.07) is 15.9. The van der Waals surface area contributed by atoms with Crippen LogP contribution in [0.1, 0.15) is 35.0 Å². The number of carbonyl (C=O) groups is 2. The molecule has 1 saturated carbocycles. The average Bonchev–Trinajstić information content (AvgIpc) is 3.64. The number of fused-ring (bicyclic) bond motifs is 1. The van der Waals surface area contributed by atoms with Crippen molar-refractivity contribution in [2.24, 2.45) is 5.41 Å². The zero-order valence-corrected chi connectivity index (χ0v) is 21.4.